The average molecular weight is 296 g/mol. The van der Waals surface area contributed by atoms with Gasteiger partial charge in [-0.15, -0.1) is 0 Å². The minimum Gasteiger partial charge on any atom is -0.263 e. The second-order valence-corrected chi connectivity index (χ2v) is 7.28. The molecule has 1 aromatic rings. The zero-order chi connectivity index (χ0) is 14.6. The van der Waals surface area contributed by atoms with Crippen molar-refractivity contribution in [3.8, 4) is 0 Å². The Hall–Kier alpha value is -0.870. The van der Waals surface area contributed by atoms with E-state index in [9.17, 15) is 8.42 Å². The highest BCUT2D eigenvalue weighted by Gasteiger charge is 2.28. The molecule has 0 bridgehead atoms. The Kier molecular flexibility index (Phi) is 5.22. The highest BCUT2D eigenvalue weighted by molar-refractivity contribution is 7.86. The molecule has 0 amide bonds. The zero-order valence-electron chi connectivity index (χ0n) is 12.3. The van der Waals surface area contributed by atoms with Crippen molar-refractivity contribution in [2.45, 2.75) is 63.4 Å². The first-order valence-corrected chi connectivity index (χ1v) is 8.93. The molecule has 0 N–H and O–H groups in total. The molecule has 0 aliphatic heterocycles. The second kappa shape index (κ2) is 6.72. The smallest absolute Gasteiger partial charge is 0.263 e. The SMILES string of the molecule is CCC(OS(=O)(=O)c1ccc(C)cc1)C1CCCCC1. The minimum atomic E-state index is -3.64. The molecular formula is C16H24O3S. The molecule has 2 rings (SSSR count). The molecule has 20 heavy (non-hydrogen) atoms. The highest BCUT2D eigenvalue weighted by Crippen LogP contribution is 2.31. The van der Waals surface area contributed by atoms with Crippen molar-refractivity contribution in [3.05, 3.63) is 29.8 Å². The van der Waals surface area contributed by atoms with Crippen LogP contribution in [0.4, 0.5) is 0 Å². The van der Waals surface area contributed by atoms with Gasteiger partial charge in [0.1, 0.15) is 0 Å². The van der Waals surface area contributed by atoms with Gasteiger partial charge in [-0.2, -0.15) is 8.42 Å². The number of aryl methyl sites for hydroxylation is 1. The Morgan fingerprint density at radius 3 is 2.30 bits per heavy atom. The molecule has 0 aromatic heterocycles. The van der Waals surface area contributed by atoms with Crippen molar-refractivity contribution in [3.63, 3.8) is 0 Å². The maximum absolute atomic E-state index is 12.3. The van der Waals surface area contributed by atoms with E-state index in [0.29, 0.717) is 5.92 Å². The predicted molar refractivity (Wildman–Crippen MR) is 80.1 cm³/mol. The van der Waals surface area contributed by atoms with Crippen molar-refractivity contribution in [2.75, 3.05) is 0 Å². The molecular weight excluding hydrogens is 272 g/mol. The molecule has 1 aliphatic carbocycles. The molecule has 0 spiro atoms. The van der Waals surface area contributed by atoms with E-state index in [1.165, 1.54) is 19.3 Å². The Balaban J connectivity index is 2.10. The summed E-state index contributed by atoms with van der Waals surface area (Å²) in [7, 11) is -3.64. The lowest BCUT2D eigenvalue weighted by molar-refractivity contribution is 0.110. The van der Waals surface area contributed by atoms with Crippen molar-refractivity contribution >= 4 is 10.1 Å². The molecule has 1 atom stereocenters. The van der Waals surface area contributed by atoms with Crippen LogP contribution in [0.25, 0.3) is 0 Å². The van der Waals surface area contributed by atoms with Crippen LogP contribution < -0.4 is 0 Å². The fourth-order valence-electron chi connectivity index (χ4n) is 2.91. The van der Waals surface area contributed by atoms with E-state index >= 15 is 0 Å². The molecule has 0 radical (unpaired) electrons. The Morgan fingerprint density at radius 1 is 1.15 bits per heavy atom. The van der Waals surface area contributed by atoms with Gasteiger partial charge in [-0.25, -0.2) is 0 Å². The van der Waals surface area contributed by atoms with Crippen LogP contribution in [-0.2, 0) is 14.3 Å². The summed E-state index contributed by atoms with van der Waals surface area (Å²) in [6.07, 6.45) is 6.38. The number of hydrogen-bond acceptors (Lipinski definition) is 3. The monoisotopic (exact) mass is 296 g/mol. The quantitative estimate of drug-likeness (QED) is 0.770. The lowest BCUT2D eigenvalue weighted by atomic mass is 9.84. The van der Waals surface area contributed by atoms with Gasteiger partial charge in [0.25, 0.3) is 10.1 Å². The largest absolute Gasteiger partial charge is 0.297 e. The fraction of sp³-hybridized carbons (Fsp3) is 0.625. The third kappa shape index (κ3) is 3.83. The van der Waals surface area contributed by atoms with Crippen LogP contribution in [0.5, 0.6) is 0 Å². The minimum absolute atomic E-state index is 0.179. The molecule has 0 heterocycles. The van der Waals surface area contributed by atoms with Gasteiger partial charge in [-0.3, -0.25) is 4.18 Å². The third-order valence-corrected chi connectivity index (χ3v) is 5.49. The van der Waals surface area contributed by atoms with Crippen LogP contribution in [0.2, 0.25) is 0 Å². The first kappa shape index (κ1) is 15.5. The first-order valence-electron chi connectivity index (χ1n) is 7.53. The van der Waals surface area contributed by atoms with E-state index in [4.69, 9.17) is 4.18 Å². The van der Waals surface area contributed by atoms with Crippen LogP contribution in [-0.4, -0.2) is 14.5 Å². The molecule has 112 valence electrons. The second-order valence-electron chi connectivity index (χ2n) is 5.71. The van der Waals surface area contributed by atoms with Crippen molar-refractivity contribution in [1.82, 2.24) is 0 Å². The summed E-state index contributed by atoms with van der Waals surface area (Å²) in [5.74, 6) is 0.383. The highest BCUT2D eigenvalue weighted by atomic mass is 32.2. The molecule has 3 nitrogen and oxygen atoms in total. The van der Waals surface area contributed by atoms with Gasteiger partial charge in [0.2, 0.25) is 0 Å². The maximum Gasteiger partial charge on any atom is 0.297 e. The molecule has 1 fully saturated rings. The normalized spacial score (nSPS) is 18.9. The Labute approximate surface area is 122 Å². The van der Waals surface area contributed by atoms with E-state index in [1.807, 2.05) is 13.8 Å². The molecule has 1 unspecified atom stereocenters. The number of hydrogen-bond donors (Lipinski definition) is 0. The average Bonchev–Trinajstić information content (AvgIpc) is 2.46. The summed E-state index contributed by atoms with van der Waals surface area (Å²) in [5, 5.41) is 0. The van der Waals surface area contributed by atoms with Crippen molar-refractivity contribution in [2.24, 2.45) is 5.92 Å². The lowest BCUT2D eigenvalue weighted by Crippen LogP contribution is -2.28. The van der Waals surface area contributed by atoms with E-state index in [2.05, 4.69) is 0 Å². The van der Waals surface area contributed by atoms with Crippen LogP contribution in [0.15, 0.2) is 29.2 Å². The van der Waals surface area contributed by atoms with Gasteiger partial charge in [0.05, 0.1) is 11.0 Å². The third-order valence-electron chi connectivity index (χ3n) is 4.14. The Morgan fingerprint density at radius 2 is 1.75 bits per heavy atom. The number of benzene rings is 1. The van der Waals surface area contributed by atoms with E-state index in [0.717, 1.165) is 24.8 Å². The molecule has 0 saturated heterocycles. The van der Waals surface area contributed by atoms with E-state index in [1.54, 1.807) is 24.3 Å². The first-order chi connectivity index (χ1) is 9.53. The summed E-state index contributed by atoms with van der Waals surface area (Å²) >= 11 is 0. The topological polar surface area (TPSA) is 43.4 Å². The van der Waals surface area contributed by atoms with Crippen LogP contribution in [0, 0.1) is 12.8 Å². The van der Waals surface area contributed by atoms with Gasteiger partial charge in [-0.1, -0.05) is 43.9 Å². The van der Waals surface area contributed by atoms with Crippen molar-refractivity contribution in [1.29, 1.82) is 0 Å². The summed E-state index contributed by atoms with van der Waals surface area (Å²) < 4.78 is 30.2. The fourth-order valence-corrected chi connectivity index (χ4v) is 4.11. The molecule has 1 aromatic carbocycles. The summed E-state index contributed by atoms with van der Waals surface area (Å²) in [5.41, 5.74) is 1.04. The van der Waals surface area contributed by atoms with Gasteiger partial charge in [0.15, 0.2) is 0 Å². The van der Waals surface area contributed by atoms with Crippen LogP contribution >= 0.6 is 0 Å². The predicted octanol–water partition coefficient (Wildman–Crippen LogP) is 4.06. The summed E-state index contributed by atoms with van der Waals surface area (Å²) in [4.78, 5) is 0.261. The van der Waals surface area contributed by atoms with E-state index < -0.39 is 10.1 Å². The van der Waals surface area contributed by atoms with Gasteiger partial charge in [0, 0.05) is 0 Å². The van der Waals surface area contributed by atoms with Crippen LogP contribution in [0.3, 0.4) is 0 Å². The maximum atomic E-state index is 12.3. The van der Waals surface area contributed by atoms with Gasteiger partial charge in [-0.05, 0) is 44.2 Å². The summed E-state index contributed by atoms with van der Waals surface area (Å²) in [6, 6.07) is 6.85. The molecule has 1 saturated carbocycles. The van der Waals surface area contributed by atoms with Crippen LogP contribution in [0.1, 0.15) is 51.0 Å². The van der Waals surface area contributed by atoms with Gasteiger partial charge < -0.3 is 0 Å². The van der Waals surface area contributed by atoms with Gasteiger partial charge >= 0.3 is 0 Å². The standard InChI is InChI=1S/C16H24O3S/c1-3-16(14-7-5-4-6-8-14)19-20(17,18)15-11-9-13(2)10-12-15/h9-12,14,16H,3-8H2,1-2H3. The zero-order valence-corrected chi connectivity index (χ0v) is 13.2. The number of rotatable bonds is 5. The Bertz CT molecular complexity index is 513. The summed E-state index contributed by atoms with van der Waals surface area (Å²) in [6.45, 7) is 3.94. The molecule has 1 aliphatic rings. The van der Waals surface area contributed by atoms with Crippen molar-refractivity contribution < 1.29 is 12.6 Å². The molecule has 4 heteroatoms. The van der Waals surface area contributed by atoms with E-state index in [-0.39, 0.29) is 11.0 Å². The lowest BCUT2D eigenvalue weighted by Gasteiger charge is -2.28.